The summed E-state index contributed by atoms with van der Waals surface area (Å²) < 4.78 is 56.9. The number of amides is 3. The van der Waals surface area contributed by atoms with Crippen molar-refractivity contribution < 1.29 is 46.6 Å². The molecule has 1 fully saturated rings. The molecule has 1 saturated heterocycles. The average molecular weight is 605 g/mol. The quantitative estimate of drug-likeness (QED) is 0.451. The number of benzene rings is 2. The highest BCUT2D eigenvalue weighted by molar-refractivity contribution is 6.08. The topological polar surface area (TPSA) is 138 Å². The van der Waals surface area contributed by atoms with Crippen LogP contribution in [0.5, 0.6) is 5.75 Å². The zero-order valence-corrected chi connectivity index (χ0v) is 24.0. The van der Waals surface area contributed by atoms with Crippen LogP contribution in [-0.4, -0.2) is 73.4 Å². The van der Waals surface area contributed by atoms with E-state index in [2.05, 4.69) is 5.32 Å². The maximum atomic E-state index is 13.6. The number of hydrogen-bond acceptors (Lipinski definition) is 8. The lowest BCUT2D eigenvalue weighted by atomic mass is 10.1. The van der Waals surface area contributed by atoms with Crippen LogP contribution in [0.2, 0.25) is 0 Å². The Kier molecular flexibility index (Phi) is 10.2. The second-order valence-corrected chi connectivity index (χ2v) is 10.6. The van der Waals surface area contributed by atoms with Gasteiger partial charge in [-0.3, -0.25) is 14.5 Å². The van der Waals surface area contributed by atoms with Crippen LogP contribution in [-0.2, 0) is 19.1 Å². The molecule has 0 aliphatic carbocycles. The Bertz CT molecular complexity index is 1410. The highest BCUT2D eigenvalue weighted by atomic mass is 19.4. The normalized spacial score (nSPS) is 13.9. The number of alkyl halides is 3. The lowest BCUT2D eigenvalue weighted by molar-refractivity contribution is -0.170. The minimum atomic E-state index is -5.38. The molecule has 0 radical (unpaired) electrons. The summed E-state index contributed by atoms with van der Waals surface area (Å²) in [4.78, 5) is 51.8. The molecular weight excluding hydrogens is 573 g/mol. The van der Waals surface area contributed by atoms with Crippen molar-refractivity contribution in [1.82, 2.24) is 4.90 Å². The molecule has 1 N–H and O–H groups in total. The molecule has 0 spiro atoms. The van der Waals surface area contributed by atoms with E-state index in [0.29, 0.717) is 25.9 Å². The molecule has 1 aliphatic rings. The van der Waals surface area contributed by atoms with Crippen LogP contribution >= 0.6 is 0 Å². The van der Waals surface area contributed by atoms with Crippen molar-refractivity contribution in [3.8, 4) is 11.8 Å². The summed E-state index contributed by atoms with van der Waals surface area (Å²) in [5, 5.41) is 11.4. The van der Waals surface area contributed by atoms with Gasteiger partial charge in [0.05, 0.1) is 30.0 Å². The molecule has 0 saturated carbocycles. The summed E-state index contributed by atoms with van der Waals surface area (Å²) in [6.07, 6.45) is -5.40. The predicted octanol–water partition coefficient (Wildman–Crippen LogP) is 4.66. The fourth-order valence-corrected chi connectivity index (χ4v) is 4.20. The molecule has 2 aromatic rings. The number of likely N-dealkylation sites (tertiary alicyclic amines) is 1. The molecule has 3 rings (SSSR count). The van der Waals surface area contributed by atoms with Gasteiger partial charge in [-0.05, 0) is 57.2 Å². The highest BCUT2D eigenvalue weighted by Gasteiger charge is 2.44. The van der Waals surface area contributed by atoms with Crippen molar-refractivity contribution in [2.24, 2.45) is 0 Å². The molecule has 0 aromatic heterocycles. The van der Waals surface area contributed by atoms with Crippen LogP contribution in [0.4, 0.5) is 29.3 Å². The van der Waals surface area contributed by atoms with Crippen molar-refractivity contribution in [1.29, 1.82) is 5.26 Å². The number of piperidine rings is 1. The molecule has 0 bridgehead atoms. The van der Waals surface area contributed by atoms with E-state index in [9.17, 15) is 32.3 Å². The Morgan fingerprint density at radius 3 is 2.33 bits per heavy atom. The molecule has 11 nitrogen and oxygen atoms in total. The largest absolute Gasteiger partial charge is 0.490 e. The molecule has 2 aromatic carbocycles. The fraction of sp³-hybridized carbons (Fsp3) is 0.414. The first-order chi connectivity index (χ1) is 20.1. The van der Waals surface area contributed by atoms with Gasteiger partial charge in [-0.2, -0.15) is 18.4 Å². The molecule has 1 aliphatic heterocycles. The zero-order chi connectivity index (χ0) is 31.9. The number of hydrogen-bond donors (Lipinski definition) is 1. The Hall–Kier alpha value is -4.80. The molecule has 1 heterocycles. The number of esters is 1. The number of nitriles is 1. The third-order valence-corrected chi connectivity index (χ3v) is 6.13. The van der Waals surface area contributed by atoms with Gasteiger partial charge in [-0.15, -0.1) is 0 Å². The molecule has 0 unspecified atom stereocenters. The summed E-state index contributed by atoms with van der Waals surface area (Å²) in [5.74, 6) is -4.36. The maximum Gasteiger partial charge on any atom is 0.471 e. The number of nitrogens with zero attached hydrogens (tertiary/aromatic N) is 3. The summed E-state index contributed by atoms with van der Waals surface area (Å²) in [6.45, 7) is 4.83. The number of halogens is 3. The van der Waals surface area contributed by atoms with Gasteiger partial charge in [-0.25, -0.2) is 9.59 Å². The Labute approximate surface area is 246 Å². The second-order valence-electron chi connectivity index (χ2n) is 10.6. The fourth-order valence-electron chi connectivity index (χ4n) is 4.20. The maximum absolute atomic E-state index is 13.6. The lowest BCUT2D eigenvalue weighted by Crippen LogP contribution is -2.46. The summed E-state index contributed by atoms with van der Waals surface area (Å²) in [5.41, 5.74) is -1.30. The number of carbonyl (C=O) groups excluding carboxylic acids is 4. The van der Waals surface area contributed by atoms with E-state index in [0.717, 1.165) is 19.2 Å². The predicted molar refractivity (Wildman–Crippen MR) is 147 cm³/mol. The first kappa shape index (κ1) is 32.7. The van der Waals surface area contributed by atoms with Crippen molar-refractivity contribution in [2.75, 3.05) is 37.0 Å². The standard InChI is InChI=1S/C29H31F3N4O7/c1-28(2,3)43-27(40)35-12-10-20(11-13-35)42-21-8-9-23(22(15-21)25(38)41-4)36(26(39)29(30,31)32)17-24(37)34-19-7-5-6-18(14-19)16-33/h5-9,14-15,20H,10-13,17H2,1-4H3,(H,34,37). The van der Waals surface area contributed by atoms with E-state index in [-0.39, 0.29) is 21.9 Å². The molecule has 3 amide bonds. The van der Waals surface area contributed by atoms with E-state index < -0.39 is 59.6 Å². The van der Waals surface area contributed by atoms with Gasteiger partial charge in [0.1, 0.15) is 24.0 Å². The van der Waals surface area contributed by atoms with Gasteiger partial charge in [0.15, 0.2) is 0 Å². The van der Waals surface area contributed by atoms with E-state index in [4.69, 9.17) is 19.5 Å². The summed E-state index contributed by atoms with van der Waals surface area (Å²) in [7, 11) is 1.01. The monoisotopic (exact) mass is 604 g/mol. The highest BCUT2D eigenvalue weighted by Crippen LogP contribution is 2.31. The third kappa shape index (κ3) is 9.09. The van der Waals surface area contributed by atoms with Gasteiger partial charge >= 0.3 is 24.1 Å². The minimum Gasteiger partial charge on any atom is -0.490 e. The second kappa shape index (κ2) is 13.5. The first-order valence-corrected chi connectivity index (χ1v) is 13.2. The third-order valence-electron chi connectivity index (χ3n) is 6.13. The van der Waals surface area contributed by atoms with Gasteiger partial charge in [0.2, 0.25) is 5.91 Å². The molecular formula is C29H31F3N4O7. The van der Waals surface area contributed by atoms with Crippen LogP contribution in [0.15, 0.2) is 42.5 Å². The van der Waals surface area contributed by atoms with Gasteiger partial charge < -0.3 is 24.4 Å². The van der Waals surface area contributed by atoms with E-state index in [1.54, 1.807) is 20.8 Å². The van der Waals surface area contributed by atoms with Crippen molar-refractivity contribution in [2.45, 2.75) is 51.5 Å². The molecule has 0 atom stereocenters. The molecule has 43 heavy (non-hydrogen) atoms. The van der Waals surface area contributed by atoms with E-state index in [1.807, 2.05) is 6.07 Å². The Morgan fingerprint density at radius 1 is 1.07 bits per heavy atom. The van der Waals surface area contributed by atoms with Crippen molar-refractivity contribution >= 4 is 35.3 Å². The molecule has 230 valence electrons. The summed E-state index contributed by atoms with van der Waals surface area (Å²) >= 11 is 0. The average Bonchev–Trinajstić information content (AvgIpc) is 2.94. The number of carbonyl (C=O) groups is 4. The number of rotatable bonds is 7. The van der Waals surface area contributed by atoms with Crippen LogP contribution < -0.4 is 15.0 Å². The first-order valence-electron chi connectivity index (χ1n) is 13.2. The number of methoxy groups -OCH3 is 1. The molecule has 14 heteroatoms. The number of ether oxygens (including phenoxy) is 3. The van der Waals surface area contributed by atoms with Crippen LogP contribution in [0.25, 0.3) is 0 Å². The SMILES string of the molecule is COC(=O)c1cc(OC2CCN(C(=O)OC(C)(C)C)CC2)ccc1N(CC(=O)Nc1cccc(C#N)c1)C(=O)C(F)(F)F. The van der Waals surface area contributed by atoms with Gasteiger partial charge in [-0.1, -0.05) is 6.07 Å². The van der Waals surface area contributed by atoms with Gasteiger partial charge in [0.25, 0.3) is 0 Å². The lowest BCUT2D eigenvalue weighted by Gasteiger charge is -2.33. The Balaban J connectivity index is 1.83. The van der Waals surface area contributed by atoms with Crippen LogP contribution in [0.3, 0.4) is 0 Å². The van der Waals surface area contributed by atoms with E-state index in [1.165, 1.54) is 35.2 Å². The van der Waals surface area contributed by atoms with Crippen LogP contribution in [0, 0.1) is 11.3 Å². The Morgan fingerprint density at radius 2 is 1.74 bits per heavy atom. The smallest absolute Gasteiger partial charge is 0.471 e. The van der Waals surface area contributed by atoms with Crippen molar-refractivity contribution in [3.63, 3.8) is 0 Å². The number of nitrogens with one attached hydrogen (secondary N) is 1. The van der Waals surface area contributed by atoms with Gasteiger partial charge in [0, 0.05) is 31.6 Å². The minimum absolute atomic E-state index is 0.108. The van der Waals surface area contributed by atoms with E-state index >= 15 is 0 Å². The number of anilines is 2. The van der Waals surface area contributed by atoms with Crippen molar-refractivity contribution in [3.05, 3.63) is 53.6 Å². The summed E-state index contributed by atoms with van der Waals surface area (Å²) in [6, 6.07) is 11.0. The zero-order valence-electron chi connectivity index (χ0n) is 24.0. The van der Waals surface area contributed by atoms with Crippen LogP contribution in [0.1, 0.15) is 49.5 Å².